The summed E-state index contributed by atoms with van der Waals surface area (Å²) in [5.74, 6) is 3.08. The van der Waals surface area contributed by atoms with E-state index in [1.807, 2.05) is 6.92 Å². The first-order chi connectivity index (χ1) is 14.9. The van der Waals surface area contributed by atoms with Crippen LogP contribution in [-0.2, 0) is 0 Å². The van der Waals surface area contributed by atoms with Gasteiger partial charge in [-0.25, -0.2) is 0 Å². The van der Waals surface area contributed by atoms with Crippen molar-refractivity contribution in [2.45, 2.75) is 124 Å². The minimum absolute atomic E-state index is 0.0885. The van der Waals surface area contributed by atoms with E-state index in [-0.39, 0.29) is 17.6 Å². The molecule has 0 heterocycles. The summed E-state index contributed by atoms with van der Waals surface area (Å²) in [6.07, 6.45) is 13.7. The molecule has 2 nitrogen and oxygen atoms in total. The van der Waals surface area contributed by atoms with E-state index in [2.05, 4.69) is 41.2 Å². The molecule has 32 heavy (non-hydrogen) atoms. The Morgan fingerprint density at radius 1 is 0.875 bits per heavy atom. The lowest BCUT2D eigenvalue weighted by molar-refractivity contribution is -0.161. The lowest BCUT2D eigenvalue weighted by atomic mass is 9.41. The zero-order valence-corrected chi connectivity index (χ0v) is 21.8. The number of hydrogen-bond acceptors (Lipinski definition) is 2. The summed E-state index contributed by atoms with van der Waals surface area (Å²) >= 11 is 0. The van der Waals surface area contributed by atoms with Crippen LogP contribution in [0.25, 0.3) is 0 Å². The van der Waals surface area contributed by atoms with Crippen molar-refractivity contribution >= 4 is 0 Å². The van der Waals surface area contributed by atoms with Gasteiger partial charge in [0.2, 0.25) is 0 Å². The molecule has 5 aliphatic carbocycles. The van der Waals surface area contributed by atoms with E-state index in [0.717, 1.165) is 42.6 Å². The molecule has 0 aromatic heterocycles. The van der Waals surface area contributed by atoms with Crippen molar-refractivity contribution in [2.75, 3.05) is 0 Å². The fraction of sp³-hybridized carbons (Fsp3) is 0.933. The predicted octanol–water partition coefficient (Wildman–Crippen LogP) is 7.14. The van der Waals surface area contributed by atoms with Crippen molar-refractivity contribution in [3.05, 3.63) is 12.2 Å². The highest BCUT2D eigenvalue weighted by Gasteiger charge is 2.82. The SMILES string of the molecule is C=C(C)[C@H](O)CC[C@@H](C)[C@H]1CC[C@@]2(C)[C@@H]3CC[C@H]4C(C)(C)[C@@H](O)CC[C@]45C[C@]35CC[C@]12C. The van der Waals surface area contributed by atoms with E-state index in [4.69, 9.17) is 0 Å². The van der Waals surface area contributed by atoms with Crippen LogP contribution >= 0.6 is 0 Å². The van der Waals surface area contributed by atoms with Gasteiger partial charge in [-0.15, -0.1) is 0 Å². The van der Waals surface area contributed by atoms with Gasteiger partial charge < -0.3 is 10.2 Å². The van der Waals surface area contributed by atoms with Crippen molar-refractivity contribution in [1.29, 1.82) is 0 Å². The molecule has 0 aliphatic heterocycles. The standard InChI is InChI=1S/C30H50O2/c1-19(2)22(31)9-8-20(3)21-12-14-28(7)24-11-10-23-26(4,5)25(32)13-15-29(23)18-30(24,29)17-16-27(21,28)6/h20-25,31-32H,1,8-18H2,2-7H3/t20-,21-,22-,23+,24+,25+,27-,28+,29+,30-/m1/s1. The van der Waals surface area contributed by atoms with Gasteiger partial charge in [-0.05, 0) is 128 Å². The van der Waals surface area contributed by atoms with E-state index in [9.17, 15) is 10.2 Å². The highest BCUT2D eigenvalue weighted by molar-refractivity contribution is 5.30. The van der Waals surface area contributed by atoms with Gasteiger partial charge in [0.1, 0.15) is 0 Å². The van der Waals surface area contributed by atoms with Gasteiger partial charge in [-0.3, -0.25) is 0 Å². The zero-order chi connectivity index (χ0) is 23.3. The van der Waals surface area contributed by atoms with Gasteiger partial charge in [0.15, 0.2) is 0 Å². The van der Waals surface area contributed by atoms with Crippen LogP contribution in [0.2, 0.25) is 0 Å². The summed E-state index contributed by atoms with van der Waals surface area (Å²) in [5, 5.41) is 21.2. The average Bonchev–Trinajstić information content (AvgIpc) is 3.31. The Morgan fingerprint density at radius 2 is 1.53 bits per heavy atom. The predicted molar refractivity (Wildman–Crippen MR) is 132 cm³/mol. The van der Waals surface area contributed by atoms with Crippen LogP contribution in [0.5, 0.6) is 0 Å². The van der Waals surface area contributed by atoms with Gasteiger partial charge in [0, 0.05) is 0 Å². The maximum atomic E-state index is 10.8. The first kappa shape index (κ1) is 23.4. The molecule has 0 aromatic carbocycles. The summed E-state index contributed by atoms with van der Waals surface area (Å²) in [6.45, 7) is 18.5. The first-order valence-electron chi connectivity index (χ1n) is 13.9. The van der Waals surface area contributed by atoms with E-state index in [1.54, 1.807) is 0 Å². The van der Waals surface area contributed by atoms with Gasteiger partial charge in [-0.2, -0.15) is 0 Å². The molecule has 2 heteroatoms. The Bertz CT molecular complexity index is 786. The summed E-state index contributed by atoms with van der Waals surface area (Å²) in [7, 11) is 0. The molecule has 2 N–H and O–H groups in total. The molecule has 5 fully saturated rings. The van der Waals surface area contributed by atoms with Gasteiger partial charge in [0.05, 0.1) is 12.2 Å². The molecule has 2 spiro atoms. The smallest absolute Gasteiger partial charge is 0.0744 e. The highest BCUT2D eigenvalue weighted by Crippen LogP contribution is 2.89. The lowest BCUT2D eigenvalue weighted by Gasteiger charge is -2.63. The van der Waals surface area contributed by atoms with Crippen LogP contribution in [0.1, 0.15) is 112 Å². The van der Waals surface area contributed by atoms with Crippen LogP contribution in [0.15, 0.2) is 12.2 Å². The van der Waals surface area contributed by atoms with Crippen molar-refractivity contribution in [1.82, 2.24) is 0 Å². The number of aliphatic hydroxyl groups excluding tert-OH is 2. The zero-order valence-electron chi connectivity index (χ0n) is 21.8. The summed E-state index contributed by atoms with van der Waals surface area (Å²) in [6, 6.07) is 0. The van der Waals surface area contributed by atoms with E-state index >= 15 is 0 Å². The van der Waals surface area contributed by atoms with Gasteiger partial charge in [-0.1, -0.05) is 46.8 Å². The van der Waals surface area contributed by atoms with Crippen molar-refractivity contribution in [2.24, 2.45) is 50.7 Å². The minimum Gasteiger partial charge on any atom is -0.393 e. The molecule has 0 radical (unpaired) electrons. The Kier molecular flexibility index (Phi) is 5.19. The maximum Gasteiger partial charge on any atom is 0.0744 e. The quantitative estimate of drug-likeness (QED) is 0.444. The second kappa shape index (κ2) is 7.09. The minimum atomic E-state index is -0.334. The van der Waals surface area contributed by atoms with Crippen LogP contribution < -0.4 is 0 Å². The van der Waals surface area contributed by atoms with E-state index in [1.165, 1.54) is 51.4 Å². The molecule has 182 valence electrons. The highest BCUT2D eigenvalue weighted by atomic mass is 16.3. The van der Waals surface area contributed by atoms with Crippen LogP contribution in [0, 0.1) is 50.7 Å². The van der Waals surface area contributed by atoms with Crippen molar-refractivity contribution in [3.63, 3.8) is 0 Å². The van der Waals surface area contributed by atoms with Gasteiger partial charge in [0.25, 0.3) is 0 Å². The molecule has 5 aliphatic rings. The number of fused-ring (bicyclic) bond motifs is 2. The Labute approximate surface area is 197 Å². The molecule has 0 bridgehead atoms. The number of hydrogen-bond donors (Lipinski definition) is 2. The third-order valence-corrected chi connectivity index (χ3v) is 13.3. The molecular weight excluding hydrogens is 392 g/mol. The molecule has 0 unspecified atom stereocenters. The molecule has 10 atom stereocenters. The van der Waals surface area contributed by atoms with Gasteiger partial charge >= 0.3 is 0 Å². The second-order valence-corrected chi connectivity index (χ2v) is 14.4. The third-order valence-electron chi connectivity index (χ3n) is 13.3. The Balaban J connectivity index is 1.39. The largest absolute Gasteiger partial charge is 0.393 e. The summed E-state index contributed by atoms with van der Waals surface area (Å²) in [4.78, 5) is 0. The number of aliphatic hydroxyl groups is 2. The molecule has 0 aromatic rings. The van der Waals surface area contributed by atoms with Crippen LogP contribution in [0.3, 0.4) is 0 Å². The second-order valence-electron chi connectivity index (χ2n) is 14.4. The van der Waals surface area contributed by atoms with Crippen molar-refractivity contribution < 1.29 is 10.2 Å². The summed E-state index contributed by atoms with van der Waals surface area (Å²) < 4.78 is 0. The normalized spacial score (nSPS) is 52.8. The lowest BCUT2D eigenvalue weighted by Crippen LogP contribution is -2.57. The molecule has 5 saturated carbocycles. The van der Waals surface area contributed by atoms with E-state index < -0.39 is 0 Å². The topological polar surface area (TPSA) is 40.5 Å². The maximum absolute atomic E-state index is 10.8. The average molecular weight is 443 g/mol. The molecule has 0 amide bonds. The molecular formula is C30H50O2. The van der Waals surface area contributed by atoms with Crippen LogP contribution in [-0.4, -0.2) is 22.4 Å². The van der Waals surface area contributed by atoms with E-state index in [0.29, 0.717) is 27.6 Å². The Hall–Kier alpha value is -0.340. The third kappa shape index (κ3) is 2.72. The number of rotatable bonds is 5. The summed E-state index contributed by atoms with van der Waals surface area (Å²) in [5.41, 5.74) is 3.03. The fourth-order valence-electron chi connectivity index (χ4n) is 11.2. The molecule has 0 saturated heterocycles. The van der Waals surface area contributed by atoms with Crippen LogP contribution in [0.4, 0.5) is 0 Å². The molecule has 5 rings (SSSR count). The first-order valence-corrected chi connectivity index (χ1v) is 13.9. The monoisotopic (exact) mass is 442 g/mol. The Morgan fingerprint density at radius 3 is 2.22 bits per heavy atom. The fourth-order valence-corrected chi connectivity index (χ4v) is 11.2. The van der Waals surface area contributed by atoms with Crippen molar-refractivity contribution in [3.8, 4) is 0 Å².